The number of benzene rings is 1. The van der Waals surface area contributed by atoms with E-state index in [9.17, 15) is 23.3 Å². The first kappa shape index (κ1) is 18.1. The summed E-state index contributed by atoms with van der Waals surface area (Å²) in [6, 6.07) is 2.62. The molecule has 1 aliphatic heterocycles. The zero-order valence-electron chi connectivity index (χ0n) is 13.9. The Labute approximate surface area is 146 Å². The van der Waals surface area contributed by atoms with E-state index in [4.69, 9.17) is 4.52 Å². The smallest absolute Gasteiger partial charge is 0.363 e. The topological polar surface area (TPSA) is 88.5 Å². The number of nitrogens with zero attached hydrogens (tertiary/aromatic N) is 5. The zero-order chi connectivity index (χ0) is 18.9. The molecule has 0 unspecified atom stereocenters. The van der Waals surface area contributed by atoms with Crippen LogP contribution in [-0.4, -0.2) is 46.1 Å². The van der Waals surface area contributed by atoms with Crippen LogP contribution in [0.1, 0.15) is 17.3 Å². The van der Waals surface area contributed by atoms with E-state index >= 15 is 0 Å². The van der Waals surface area contributed by atoms with E-state index in [1.807, 2.05) is 0 Å². The highest BCUT2D eigenvalue weighted by molar-refractivity contribution is 5.65. The maximum Gasteiger partial charge on any atom is 0.416 e. The number of nitro groups is 1. The molecule has 11 heteroatoms. The summed E-state index contributed by atoms with van der Waals surface area (Å²) >= 11 is 0. The lowest BCUT2D eigenvalue weighted by Gasteiger charge is -2.35. The summed E-state index contributed by atoms with van der Waals surface area (Å²) in [4.78, 5) is 18.3. The van der Waals surface area contributed by atoms with Crippen LogP contribution in [0.2, 0.25) is 0 Å². The second kappa shape index (κ2) is 6.90. The average molecular weight is 371 g/mol. The van der Waals surface area contributed by atoms with Gasteiger partial charge in [-0.25, -0.2) is 0 Å². The molecule has 1 saturated heterocycles. The second-order valence-corrected chi connectivity index (χ2v) is 5.95. The minimum Gasteiger partial charge on any atom is -0.363 e. The van der Waals surface area contributed by atoms with Crippen molar-refractivity contribution in [2.45, 2.75) is 19.6 Å². The van der Waals surface area contributed by atoms with Gasteiger partial charge in [-0.2, -0.15) is 18.2 Å². The maximum absolute atomic E-state index is 12.8. The number of anilines is 1. The van der Waals surface area contributed by atoms with Crippen LogP contribution in [0.25, 0.3) is 0 Å². The molecule has 1 aromatic carbocycles. The number of alkyl halides is 3. The number of hydrogen-bond donors (Lipinski definition) is 0. The van der Waals surface area contributed by atoms with Gasteiger partial charge in [0.1, 0.15) is 5.69 Å². The Morgan fingerprint density at radius 3 is 2.50 bits per heavy atom. The largest absolute Gasteiger partial charge is 0.416 e. The van der Waals surface area contributed by atoms with Crippen LogP contribution in [-0.2, 0) is 12.7 Å². The molecule has 0 atom stereocenters. The van der Waals surface area contributed by atoms with Crippen molar-refractivity contribution in [3.8, 4) is 0 Å². The van der Waals surface area contributed by atoms with Crippen LogP contribution in [0.3, 0.4) is 0 Å². The number of piperazine rings is 1. The van der Waals surface area contributed by atoms with Crippen LogP contribution in [0.5, 0.6) is 0 Å². The minimum atomic E-state index is -4.62. The Morgan fingerprint density at radius 1 is 1.27 bits per heavy atom. The third-order valence-corrected chi connectivity index (χ3v) is 4.15. The number of aromatic nitrogens is 2. The summed E-state index contributed by atoms with van der Waals surface area (Å²) < 4.78 is 43.3. The molecule has 1 aliphatic rings. The lowest BCUT2D eigenvalue weighted by atomic mass is 10.1. The summed E-state index contributed by atoms with van der Waals surface area (Å²) in [5, 5.41) is 15.0. The third-order valence-electron chi connectivity index (χ3n) is 4.15. The third kappa shape index (κ3) is 3.93. The molecule has 3 rings (SSSR count). The van der Waals surface area contributed by atoms with E-state index in [1.165, 1.54) is 6.07 Å². The molecule has 0 bridgehead atoms. The number of nitro benzene ring substituents is 1. The first-order chi connectivity index (χ1) is 12.2. The van der Waals surface area contributed by atoms with Crippen molar-refractivity contribution in [1.29, 1.82) is 0 Å². The zero-order valence-corrected chi connectivity index (χ0v) is 13.9. The molecule has 0 aliphatic carbocycles. The van der Waals surface area contributed by atoms with Gasteiger partial charge < -0.3 is 9.42 Å². The van der Waals surface area contributed by atoms with Gasteiger partial charge in [0.15, 0.2) is 5.82 Å². The molecule has 140 valence electrons. The molecule has 0 spiro atoms. The summed E-state index contributed by atoms with van der Waals surface area (Å²) in [7, 11) is 0. The Bertz CT molecular complexity index is 800. The van der Waals surface area contributed by atoms with Gasteiger partial charge >= 0.3 is 6.18 Å². The summed E-state index contributed by atoms with van der Waals surface area (Å²) in [5.41, 5.74) is -1.38. The van der Waals surface area contributed by atoms with Gasteiger partial charge in [0, 0.05) is 39.2 Å². The molecule has 1 aromatic heterocycles. The molecule has 0 N–H and O–H groups in total. The molecule has 0 amide bonds. The van der Waals surface area contributed by atoms with E-state index in [0.717, 1.165) is 6.07 Å². The molecule has 0 radical (unpaired) electrons. The van der Waals surface area contributed by atoms with Crippen LogP contribution < -0.4 is 4.90 Å². The second-order valence-electron chi connectivity index (χ2n) is 5.95. The number of aryl methyl sites for hydroxylation is 1. The summed E-state index contributed by atoms with van der Waals surface area (Å²) in [6.07, 6.45) is -4.62. The van der Waals surface area contributed by atoms with Gasteiger partial charge in [0.2, 0.25) is 5.89 Å². The van der Waals surface area contributed by atoms with Crippen molar-refractivity contribution in [3.05, 3.63) is 45.6 Å². The van der Waals surface area contributed by atoms with Gasteiger partial charge in [0.25, 0.3) is 5.69 Å². The van der Waals surface area contributed by atoms with Crippen molar-refractivity contribution in [2.24, 2.45) is 0 Å². The van der Waals surface area contributed by atoms with E-state index < -0.39 is 22.4 Å². The standard InChI is InChI=1S/C15H16F3N5O3/c1-10-19-14(20-26-10)9-21-4-6-22(7-5-21)12-3-2-11(15(16,17)18)8-13(12)23(24)25/h2-3,8H,4-7,9H2,1H3. The highest BCUT2D eigenvalue weighted by Gasteiger charge is 2.34. The fourth-order valence-electron chi connectivity index (χ4n) is 2.87. The van der Waals surface area contributed by atoms with E-state index in [2.05, 4.69) is 15.0 Å². The van der Waals surface area contributed by atoms with E-state index in [1.54, 1.807) is 11.8 Å². The highest BCUT2D eigenvalue weighted by atomic mass is 19.4. The Balaban J connectivity index is 1.71. The lowest BCUT2D eigenvalue weighted by molar-refractivity contribution is -0.384. The summed E-state index contributed by atoms with van der Waals surface area (Å²) in [5.74, 6) is 1.02. The molecule has 2 aromatic rings. The van der Waals surface area contributed by atoms with Crippen molar-refractivity contribution in [1.82, 2.24) is 15.0 Å². The Kier molecular flexibility index (Phi) is 4.81. The highest BCUT2D eigenvalue weighted by Crippen LogP contribution is 2.36. The lowest BCUT2D eigenvalue weighted by Crippen LogP contribution is -2.46. The molecular weight excluding hydrogens is 355 g/mol. The SMILES string of the molecule is Cc1nc(CN2CCN(c3ccc(C(F)(F)F)cc3[N+](=O)[O-])CC2)no1. The van der Waals surface area contributed by atoms with Gasteiger partial charge in [-0.3, -0.25) is 15.0 Å². The predicted molar refractivity (Wildman–Crippen MR) is 84.6 cm³/mol. The van der Waals surface area contributed by atoms with Gasteiger partial charge in [-0.1, -0.05) is 5.16 Å². The van der Waals surface area contributed by atoms with Gasteiger partial charge in [-0.05, 0) is 12.1 Å². The van der Waals surface area contributed by atoms with Crippen LogP contribution >= 0.6 is 0 Å². The monoisotopic (exact) mass is 371 g/mol. The van der Waals surface area contributed by atoms with Crippen molar-refractivity contribution in [3.63, 3.8) is 0 Å². The number of halogens is 3. The fourth-order valence-corrected chi connectivity index (χ4v) is 2.87. The van der Waals surface area contributed by atoms with Crippen molar-refractivity contribution in [2.75, 3.05) is 31.1 Å². The molecule has 26 heavy (non-hydrogen) atoms. The molecule has 8 nitrogen and oxygen atoms in total. The number of rotatable bonds is 4. The Morgan fingerprint density at radius 2 is 1.96 bits per heavy atom. The van der Waals surface area contributed by atoms with E-state index in [0.29, 0.717) is 50.5 Å². The molecule has 0 saturated carbocycles. The van der Waals surface area contributed by atoms with Gasteiger partial charge in [-0.15, -0.1) is 0 Å². The Hall–Kier alpha value is -2.69. The van der Waals surface area contributed by atoms with E-state index in [-0.39, 0.29) is 5.69 Å². The predicted octanol–water partition coefficient (Wildman–Crippen LogP) is 2.63. The first-order valence-corrected chi connectivity index (χ1v) is 7.86. The number of hydrogen-bond acceptors (Lipinski definition) is 7. The summed E-state index contributed by atoms with van der Waals surface area (Å²) in [6.45, 7) is 4.22. The van der Waals surface area contributed by atoms with Crippen molar-refractivity contribution < 1.29 is 22.6 Å². The molecular formula is C15H16F3N5O3. The molecule has 2 heterocycles. The maximum atomic E-state index is 12.8. The molecule has 1 fully saturated rings. The van der Waals surface area contributed by atoms with Crippen molar-refractivity contribution >= 4 is 11.4 Å². The average Bonchev–Trinajstić information content (AvgIpc) is 2.99. The minimum absolute atomic E-state index is 0.193. The fraction of sp³-hybridized carbons (Fsp3) is 0.467. The normalized spacial score (nSPS) is 16.1. The first-order valence-electron chi connectivity index (χ1n) is 7.86. The van der Waals surface area contributed by atoms with Crippen LogP contribution in [0.15, 0.2) is 22.7 Å². The quantitative estimate of drug-likeness (QED) is 0.603. The van der Waals surface area contributed by atoms with Crippen LogP contribution in [0.4, 0.5) is 24.5 Å². The van der Waals surface area contributed by atoms with Crippen LogP contribution in [0, 0.1) is 17.0 Å². The van der Waals surface area contributed by atoms with Gasteiger partial charge in [0.05, 0.1) is 17.0 Å².